The molecule has 6 heteroatoms. The number of amides is 1. The first-order valence-electron chi connectivity index (χ1n) is 5.67. The second-order valence-electron chi connectivity index (χ2n) is 4.49. The fraction of sp³-hybridized carbons (Fsp3) is 0.636. The molecule has 5 nitrogen and oxygen atoms in total. The monoisotopic (exact) mass is 256 g/mol. The fourth-order valence-electron chi connectivity index (χ4n) is 2.69. The van der Waals surface area contributed by atoms with Gasteiger partial charge in [0.2, 0.25) is 16.2 Å². The lowest BCUT2D eigenvalue weighted by atomic mass is 9.96. The number of hydrogen-bond acceptors (Lipinski definition) is 3. The zero-order valence-electron chi connectivity index (χ0n) is 10.2. The van der Waals surface area contributed by atoms with Gasteiger partial charge in [-0.3, -0.25) is 9.69 Å². The Morgan fingerprint density at radius 2 is 2.00 bits per heavy atom. The molecule has 0 radical (unpaired) electrons. The van der Waals surface area contributed by atoms with Gasteiger partial charge < -0.3 is 4.90 Å². The van der Waals surface area contributed by atoms with Crippen molar-refractivity contribution in [3.05, 3.63) is 11.8 Å². The normalized spacial score (nSPS) is 28.6. The van der Waals surface area contributed by atoms with Crippen LogP contribution < -0.4 is 0 Å². The Balaban J connectivity index is 2.47. The predicted molar refractivity (Wildman–Crippen MR) is 64.7 cm³/mol. The third-order valence-corrected chi connectivity index (χ3v) is 4.27. The first kappa shape index (κ1) is 12.3. The minimum Gasteiger partial charge on any atom is -0.317 e. The van der Waals surface area contributed by atoms with E-state index in [9.17, 15) is 13.2 Å². The molecule has 0 saturated carbocycles. The second kappa shape index (κ2) is 4.27. The number of likely N-dealkylation sites (N-methyl/N-ethyl adjacent to an activating group) is 2. The van der Waals surface area contributed by atoms with Crippen LogP contribution in [0.15, 0.2) is 11.8 Å². The van der Waals surface area contributed by atoms with Crippen molar-refractivity contribution >= 4 is 21.2 Å². The van der Waals surface area contributed by atoms with E-state index < -0.39 is 10.3 Å². The van der Waals surface area contributed by atoms with Crippen molar-refractivity contribution in [3.63, 3.8) is 0 Å². The highest BCUT2D eigenvalue weighted by molar-refractivity contribution is 7.73. The molecule has 1 saturated heterocycles. The average molecular weight is 256 g/mol. The summed E-state index contributed by atoms with van der Waals surface area (Å²) in [6.07, 6.45) is 3.30. The molecule has 17 heavy (non-hydrogen) atoms. The number of fused-ring (bicyclic) bond motifs is 1. The predicted octanol–water partition coefficient (Wildman–Crippen LogP) is 0.0816. The van der Waals surface area contributed by atoms with Crippen LogP contribution in [0.5, 0.6) is 0 Å². The Morgan fingerprint density at radius 1 is 1.35 bits per heavy atom. The maximum Gasteiger partial charge on any atom is 0.232 e. The lowest BCUT2D eigenvalue weighted by Gasteiger charge is -2.21. The van der Waals surface area contributed by atoms with Gasteiger partial charge in [0.15, 0.2) is 0 Å². The third kappa shape index (κ3) is 1.71. The lowest BCUT2D eigenvalue weighted by Crippen LogP contribution is -2.36. The Hall–Kier alpha value is -1.14. The molecule has 0 bridgehead atoms. The molecular weight excluding hydrogens is 240 g/mol. The van der Waals surface area contributed by atoms with Crippen LogP contribution in [0.1, 0.15) is 19.8 Å². The van der Waals surface area contributed by atoms with Crippen LogP contribution in [-0.4, -0.2) is 49.3 Å². The molecule has 94 valence electrons. The molecule has 0 aromatic rings. The van der Waals surface area contributed by atoms with Crippen LogP contribution in [0.25, 0.3) is 0 Å². The van der Waals surface area contributed by atoms with E-state index in [-0.39, 0.29) is 22.9 Å². The summed E-state index contributed by atoms with van der Waals surface area (Å²) >= 11 is 0. The molecule has 0 aromatic carbocycles. The molecule has 1 amide bonds. The molecule has 0 N–H and O–H groups in total. The maximum atomic E-state index is 12.0. The van der Waals surface area contributed by atoms with Crippen molar-refractivity contribution in [3.8, 4) is 0 Å². The van der Waals surface area contributed by atoms with E-state index in [4.69, 9.17) is 0 Å². The number of rotatable bonds is 2. The highest BCUT2D eigenvalue weighted by atomic mass is 32.2. The molecule has 2 heterocycles. The van der Waals surface area contributed by atoms with Crippen molar-refractivity contribution in [1.82, 2.24) is 9.80 Å². The molecule has 0 spiro atoms. The van der Waals surface area contributed by atoms with Crippen LogP contribution in [0.2, 0.25) is 0 Å². The zero-order valence-corrected chi connectivity index (χ0v) is 11.0. The minimum absolute atomic E-state index is 0.0886. The van der Waals surface area contributed by atoms with Gasteiger partial charge >= 0.3 is 0 Å². The number of carbonyl (C=O) groups excluding carboxylic acids is 1. The van der Waals surface area contributed by atoms with Gasteiger partial charge in [0.1, 0.15) is 4.99 Å². The molecule has 2 aliphatic rings. The van der Waals surface area contributed by atoms with Gasteiger partial charge in [0.05, 0.1) is 12.0 Å². The van der Waals surface area contributed by atoms with Gasteiger partial charge in [-0.25, -0.2) is 0 Å². The van der Waals surface area contributed by atoms with E-state index in [1.165, 1.54) is 0 Å². The van der Waals surface area contributed by atoms with Gasteiger partial charge in [-0.15, -0.1) is 0 Å². The first-order valence-corrected chi connectivity index (χ1v) is 6.74. The molecular formula is C11H16N2O3S. The van der Waals surface area contributed by atoms with Crippen LogP contribution in [0.3, 0.4) is 0 Å². The highest BCUT2D eigenvalue weighted by Gasteiger charge is 2.48. The van der Waals surface area contributed by atoms with Crippen LogP contribution in [-0.2, 0) is 15.1 Å². The molecule has 0 aromatic heterocycles. The summed E-state index contributed by atoms with van der Waals surface area (Å²) in [5.74, 6) is -0.0343. The number of nitrogens with zero attached hydrogens (tertiary/aromatic N) is 2. The van der Waals surface area contributed by atoms with E-state index >= 15 is 0 Å². The summed E-state index contributed by atoms with van der Waals surface area (Å²) in [6, 6.07) is -0.111. The van der Waals surface area contributed by atoms with Gasteiger partial charge in [-0.2, -0.15) is 8.42 Å². The van der Waals surface area contributed by atoms with Crippen molar-refractivity contribution < 1.29 is 13.2 Å². The Kier molecular flexibility index (Phi) is 3.09. The van der Waals surface area contributed by atoms with Crippen LogP contribution in [0.4, 0.5) is 0 Å². The summed E-state index contributed by atoms with van der Waals surface area (Å²) < 4.78 is 22.1. The van der Waals surface area contributed by atoms with E-state index in [0.29, 0.717) is 0 Å². The Morgan fingerprint density at radius 3 is 2.53 bits per heavy atom. The van der Waals surface area contributed by atoms with Crippen LogP contribution >= 0.6 is 0 Å². The van der Waals surface area contributed by atoms with E-state index in [0.717, 1.165) is 18.5 Å². The zero-order chi connectivity index (χ0) is 12.7. The molecule has 2 atom stereocenters. The smallest absolute Gasteiger partial charge is 0.232 e. The molecule has 0 unspecified atom stereocenters. The quantitative estimate of drug-likeness (QED) is 0.657. The van der Waals surface area contributed by atoms with E-state index in [1.54, 1.807) is 30.0 Å². The highest BCUT2D eigenvalue weighted by Crippen LogP contribution is 2.37. The molecule has 2 rings (SSSR count). The molecule has 1 fully saturated rings. The topological polar surface area (TPSA) is 57.7 Å². The maximum absolute atomic E-state index is 12.0. The van der Waals surface area contributed by atoms with Crippen molar-refractivity contribution in [2.24, 2.45) is 5.92 Å². The summed E-state index contributed by atoms with van der Waals surface area (Å²) in [7, 11) is 1.19. The molecule has 2 aliphatic heterocycles. The van der Waals surface area contributed by atoms with Gasteiger partial charge in [0.25, 0.3) is 0 Å². The average Bonchev–Trinajstić information content (AvgIpc) is 2.72. The van der Waals surface area contributed by atoms with E-state index in [2.05, 4.69) is 0 Å². The summed E-state index contributed by atoms with van der Waals surface area (Å²) in [6.45, 7) is 2.03. The van der Waals surface area contributed by atoms with Gasteiger partial charge in [-0.05, 0) is 19.5 Å². The number of likely N-dealkylation sites (tertiary alicyclic amines) is 1. The van der Waals surface area contributed by atoms with Crippen molar-refractivity contribution in [2.45, 2.75) is 25.8 Å². The van der Waals surface area contributed by atoms with Crippen molar-refractivity contribution in [2.75, 3.05) is 14.1 Å². The SMILES string of the molecule is CCC[C@H]1C(=O)N(C)C2=CC(=S(=O)=O)N(C)[C@@H]21. The second-order valence-corrected chi connectivity index (χ2v) is 5.38. The lowest BCUT2D eigenvalue weighted by molar-refractivity contribution is -0.129. The van der Waals surface area contributed by atoms with Gasteiger partial charge in [0, 0.05) is 12.7 Å². The minimum atomic E-state index is -2.25. The van der Waals surface area contributed by atoms with Crippen LogP contribution in [0, 0.1) is 5.92 Å². The number of hydrogen-bond donors (Lipinski definition) is 0. The number of carbonyl (C=O) groups is 1. The summed E-state index contributed by atoms with van der Waals surface area (Å²) in [5, 5.41) is 0. The van der Waals surface area contributed by atoms with Gasteiger partial charge in [-0.1, -0.05) is 13.3 Å². The largest absolute Gasteiger partial charge is 0.317 e. The summed E-state index contributed by atoms with van der Waals surface area (Å²) in [5.41, 5.74) is 0.801. The van der Waals surface area contributed by atoms with Crippen molar-refractivity contribution in [1.29, 1.82) is 0 Å². The fourth-order valence-corrected chi connectivity index (χ4v) is 3.26. The first-order chi connectivity index (χ1) is 7.99. The van der Waals surface area contributed by atoms with E-state index in [1.807, 2.05) is 6.92 Å². The Bertz CT molecular complexity index is 513. The molecule has 0 aliphatic carbocycles. The third-order valence-electron chi connectivity index (χ3n) is 3.53. The summed E-state index contributed by atoms with van der Waals surface area (Å²) in [4.78, 5) is 15.6. The Labute approximate surface area is 102 Å². The standard InChI is InChI=1S/C11H16N2O3S/c1-4-5-7-10-8(12(2)11(7)14)6-9(13(10)3)17(15)16/h6-7,10H,4-5H2,1-3H3/t7-,10-/m1/s1.